The Morgan fingerprint density at radius 2 is 2.06 bits per heavy atom. The molecule has 0 aliphatic carbocycles. The van der Waals surface area contributed by atoms with E-state index in [1.54, 1.807) is 6.07 Å². The molecule has 3 nitrogen and oxygen atoms in total. The summed E-state index contributed by atoms with van der Waals surface area (Å²) < 4.78 is 0. The molecule has 0 bridgehead atoms. The monoisotopic (exact) mass is 254 g/mol. The van der Waals surface area contributed by atoms with E-state index in [1.807, 2.05) is 18.2 Å². The van der Waals surface area contributed by atoms with Crippen molar-refractivity contribution in [1.82, 2.24) is 10.6 Å². The number of carbonyl (C=O) groups is 1. The zero-order valence-corrected chi connectivity index (χ0v) is 10.9. The van der Waals surface area contributed by atoms with Crippen LogP contribution in [-0.4, -0.2) is 25.5 Å². The van der Waals surface area contributed by atoms with E-state index in [0.29, 0.717) is 18.0 Å². The molecular weight excluding hydrogens is 236 g/mol. The molecule has 1 aromatic carbocycles. The third-order valence-electron chi connectivity index (χ3n) is 2.41. The van der Waals surface area contributed by atoms with Crippen LogP contribution in [0.25, 0.3) is 0 Å². The lowest BCUT2D eigenvalue weighted by Crippen LogP contribution is -2.28. The van der Waals surface area contributed by atoms with Crippen LogP contribution in [0.15, 0.2) is 24.3 Å². The Bertz CT molecular complexity index is 355. The van der Waals surface area contributed by atoms with Gasteiger partial charge >= 0.3 is 0 Å². The summed E-state index contributed by atoms with van der Waals surface area (Å²) in [5.41, 5.74) is 0.873. The summed E-state index contributed by atoms with van der Waals surface area (Å²) in [6, 6.07) is 7.43. The summed E-state index contributed by atoms with van der Waals surface area (Å²) in [7, 11) is 0. The van der Waals surface area contributed by atoms with Gasteiger partial charge in [-0.1, -0.05) is 36.7 Å². The zero-order chi connectivity index (χ0) is 12.5. The molecule has 0 saturated heterocycles. The first-order chi connectivity index (χ1) is 8.24. The number of rotatable bonds is 7. The molecule has 1 amide bonds. The third kappa shape index (κ3) is 5.71. The summed E-state index contributed by atoms with van der Waals surface area (Å²) >= 11 is 5.98. The van der Waals surface area contributed by atoms with Crippen molar-refractivity contribution in [3.8, 4) is 0 Å². The summed E-state index contributed by atoms with van der Waals surface area (Å²) in [5, 5.41) is 6.74. The van der Waals surface area contributed by atoms with E-state index in [9.17, 15) is 4.79 Å². The molecule has 17 heavy (non-hydrogen) atoms. The molecule has 0 aromatic heterocycles. The highest BCUT2D eigenvalue weighted by Gasteiger charge is 2.05. The van der Waals surface area contributed by atoms with Crippen molar-refractivity contribution < 1.29 is 4.79 Å². The molecule has 2 N–H and O–H groups in total. The second kappa shape index (κ2) is 8.09. The highest BCUT2D eigenvalue weighted by molar-refractivity contribution is 6.31. The Labute approximate surface area is 108 Å². The number of nitrogens with one attached hydrogen (secondary N) is 2. The van der Waals surface area contributed by atoms with Crippen LogP contribution in [0.5, 0.6) is 0 Å². The van der Waals surface area contributed by atoms with Crippen molar-refractivity contribution in [3.63, 3.8) is 0 Å². The predicted molar refractivity (Wildman–Crippen MR) is 71.3 cm³/mol. The van der Waals surface area contributed by atoms with Crippen LogP contribution in [0.3, 0.4) is 0 Å². The van der Waals surface area contributed by atoms with Crippen molar-refractivity contribution in [2.45, 2.75) is 19.8 Å². The largest absolute Gasteiger partial charge is 0.356 e. The summed E-state index contributed by atoms with van der Waals surface area (Å²) in [4.78, 5) is 11.6. The van der Waals surface area contributed by atoms with E-state index >= 15 is 0 Å². The molecular formula is C13H19ClN2O. The van der Waals surface area contributed by atoms with Crippen LogP contribution in [0.4, 0.5) is 0 Å². The number of hydrogen-bond donors (Lipinski definition) is 2. The van der Waals surface area contributed by atoms with Gasteiger partial charge in [0.15, 0.2) is 0 Å². The summed E-state index contributed by atoms with van der Waals surface area (Å²) in [6.07, 6.45) is 1.29. The molecule has 4 heteroatoms. The van der Waals surface area contributed by atoms with Gasteiger partial charge in [-0.25, -0.2) is 0 Å². The third-order valence-corrected chi connectivity index (χ3v) is 2.78. The molecule has 0 saturated carbocycles. The van der Waals surface area contributed by atoms with E-state index in [-0.39, 0.29) is 5.91 Å². The molecule has 0 atom stereocenters. The molecule has 0 heterocycles. The van der Waals surface area contributed by atoms with Crippen molar-refractivity contribution in [2.24, 2.45) is 0 Å². The van der Waals surface area contributed by atoms with Crippen LogP contribution < -0.4 is 10.6 Å². The molecule has 0 unspecified atom stereocenters. The number of amides is 1. The maximum absolute atomic E-state index is 11.6. The van der Waals surface area contributed by atoms with E-state index in [1.165, 1.54) is 0 Å². The van der Waals surface area contributed by atoms with Crippen LogP contribution in [0.2, 0.25) is 5.02 Å². The Morgan fingerprint density at radius 3 is 2.76 bits per heavy atom. The SMILES string of the molecule is CCNCCCNC(=O)Cc1ccccc1Cl. The van der Waals surface area contributed by atoms with Crippen LogP contribution >= 0.6 is 11.6 Å². The summed E-state index contributed by atoms with van der Waals surface area (Å²) in [5.74, 6) is 0.0228. The summed E-state index contributed by atoms with van der Waals surface area (Å²) in [6.45, 7) is 4.67. The van der Waals surface area contributed by atoms with Crippen molar-refractivity contribution >= 4 is 17.5 Å². The van der Waals surface area contributed by atoms with Gasteiger partial charge in [-0.05, 0) is 31.1 Å². The van der Waals surface area contributed by atoms with Gasteiger partial charge in [0.05, 0.1) is 6.42 Å². The first-order valence-corrected chi connectivity index (χ1v) is 6.32. The van der Waals surface area contributed by atoms with Gasteiger partial charge in [-0.15, -0.1) is 0 Å². The molecule has 94 valence electrons. The topological polar surface area (TPSA) is 41.1 Å². The number of benzene rings is 1. The second-order valence-corrected chi connectivity index (χ2v) is 4.23. The minimum atomic E-state index is 0.0228. The van der Waals surface area contributed by atoms with Gasteiger partial charge in [0, 0.05) is 11.6 Å². The maximum Gasteiger partial charge on any atom is 0.224 e. The van der Waals surface area contributed by atoms with Crippen molar-refractivity contribution in [1.29, 1.82) is 0 Å². The lowest BCUT2D eigenvalue weighted by atomic mass is 10.1. The Morgan fingerprint density at radius 1 is 1.29 bits per heavy atom. The van der Waals surface area contributed by atoms with Crippen LogP contribution in [0.1, 0.15) is 18.9 Å². The van der Waals surface area contributed by atoms with Gasteiger partial charge in [0.25, 0.3) is 0 Å². The molecule has 0 fully saturated rings. The Kier molecular flexibility index (Phi) is 6.67. The fourth-order valence-corrected chi connectivity index (χ4v) is 1.70. The molecule has 0 radical (unpaired) electrons. The smallest absolute Gasteiger partial charge is 0.224 e. The number of halogens is 1. The lowest BCUT2D eigenvalue weighted by Gasteiger charge is -2.06. The molecule has 0 aliphatic heterocycles. The first kappa shape index (κ1) is 14.0. The standard InChI is InChI=1S/C13H19ClN2O/c1-2-15-8-5-9-16-13(17)10-11-6-3-4-7-12(11)14/h3-4,6-7,15H,2,5,8-10H2,1H3,(H,16,17). The average Bonchev–Trinajstić information content (AvgIpc) is 2.32. The van der Waals surface area contributed by atoms with Gasteiger partial charge in [0.2, 0.25) is 5.91 Å². The van der Waals surface area contributed by atoms with E-state index < -0.39 is 0 Å². The maximum atomic E-state index is 11.6. The van der Waals surface area contributed by atoms with Crippen LogP contribution in [0, 0.1) is 0 Å². The zero-order valence-electron chi connectivity index (χ0n) is 10.1. The molecule has 0 spiro atoms. The van der Waals surface area contributed by atoms with Crippen LogP contribution in [-0.2, 0) is 11.2 Å². The number of hydrogen-bond acceptors (Lipinski definition) is 2. The van der Waals surface area contributed by atoms with Crippen molar-refractivity contribution in [2.75, 3.05) is 19.6 Å². The molecule has 0 aliphatic rings. The predicted octanol–water partition coefficient (Wildman–Crippen LogP) is 2.00. The molecule has 1 rings (SSSR count). The van der Waals surface area contributed by atoms with Gasteiger partial charge in [-0.2, -0.15) is 0 Å². The quantitative estimate of drug-likeness (QED) is 0.731. The lowest BCUT2D eigenvalue weighted by molar-refractivity contribution is -0.120. The fourth-order valence-electron chi connectivity index (χ4n) is 1.50. The highest BCUT2D eigenvalue weighted by atomic mass is 35.5. The van der Waals surface area contributed by atoms with E-state index in [2.05, 4.69) is 17.6 Å². The van der Waals surface area contributed by atoms with Gasteiger partial charge < -0.3 is 10.6 Å². The second-order valence-electron chi connectivity index (χ2n) is 3.83. The fraction of sp³-hybridized carbons (Fsp3) is 0.462. The normalized spacial score (nSPS) is 10.2. The minimum Gasteiger partial charge on any atom is -0.356 e. The first-order valence-electron chi connectivity index (χ1n) is 5.95. The van der Waals surface area contributed by atoms with Crippen molar-refractivity contribution in [3.05, 3.63) is 34.9 Å². The van der Waals surface area contributed by atoms with Gasteiger partial charge in [0.1, 0.15) is 0 Å². The average molecular weight is 255 g/mol. The van der Waals surface area contributed by atoms with E-state index in [4.69, 9.17) is 11.6 Å². The van der Waals surface area contributed by atoms with Gasteiger partial charge in [-0.3, -0.25) is 4.79 Å². The Hall–Kier alpha value is -1.06. The minimum absolute atomic E-state index is 0.0228. The molecule has 1 aromatic rings. The number of carbonyl (C=O) groups excluding carboxylic acids is 1. The highest BCUT2D eigenvalue weighted by Crippen LogP contribution is 2.14. The van der Waals surface area contributed by atoms with E-state index in [0.717, 1.165) is 25.1 Å². The Balaban J connectivity index is 2.23.